The molecule has 0 aromatic carbocycles. The molecule has 1 atom stereocenters. The van der Waals surface area contributed by atoms with Crippen molar-refractivity contribution >= 4 is 5.82 Å². The molecular formula is C17H29N3. The Morgan fingerprint density at radius 3 is 2.75 bits per heavy atom. The summed E-state index contributed by atoms with van der Waals surface area (Å²) < 4.78 is 0. The van der Waals surface area contributed by atoms with Gasteiger partial charge in [0.05, 0.1) is 0 Å². The van der Waals surface area contributed by atoms with Gasteiger partial charge in [0.25, 0.3) is 0 Å². The van der Waals surface area contributed by atoms with E-state index >= 15 is 0 Å². The number of rotatable bonds is 4. The highest BCUT2D eigenvalue weighted by Gasteiger charge is 2.21. The van der Waals surface area contributed by atoms with Gasteiger partial charge in [-0.15, -0.1) is 0 Å². The average Bonchev–Trinajstić information content (AvgIpc) is 2.45. The molecule has 1 aromatic rings. The van der Waals surface area contributed by atoms with Crippen LogP contribution in [0, 0.1) is 5.92 Å². The summed E-state index contributed by atoms with van der Waals surface area (Å²) in [6.45, 7) is 13.3. The van der Waals surface area contributed by atoms with Crippen LogP contribution in [0.25, 0.3) is 0 Å². The number of nitrogens with zero attached hydrogens (tertiary/aromatic N) is 2. The van der Waals surface area contributed by atoms with Crippen LogP contribution in [0.1, 0.15) is 46.1 Å². The third-order valence-electron chi connectivity index (χ3n) is 4.14. The molecule has 0 spiro atoms. The van der Waals surface area contributed by atoms with Crippen LogP contribution in [0.2, 0.25) is 0 Å². The molecule has 0 aliphatic carbocycles. The normalized spacial score (nSPS) is 20.2. The number of aromatic nitrogens is 1. The molecule has 20 heavy (non-hydrogen) atoms. The van der Waals surface area contributed by atoms with Gasteiger partial charge in [0.15, 0.2) is 0 Å². The molecule has 1 N–H and O–H groups in total. The third-order valence-corrected chi connectivity index (χ3v) is 4.14. The molecule has 3 nitrogen and oxygen atoms in total. The highest BCUT2D eigenvalue weighted by molar-refractivity contribution is 5.41. The number of hydrogen-bond acceptors (Lipinski definition) is 3. The topological polar surface area (TPSA) is 28.2 Å². The molecule has 0 saturated carbocycles. The van der Waals surface area contributed by atoms with Crippen molar-refractivity contribution < 1.29 is 0 Å². The van der Waals surface area contributed by atoms with Crippen molar-refractivity contribution in [2.75, 3.05) is 31.1 Å². The molecule has 0 radical (unpaired) electrons. The van der Waals surface area contributed by atoms with E-state index in [1.54, 1.807) is 0 Å². The Kier molecular flexibility index (Phi) is 5.03. The second kappa shape index (κ2) is 6.57. The van der Waals surface area contributed by atoms with Crippen molar-refractivity contribution in [3.05, 3.63) is 23.9 Å². The van der Waals surface area contributed by atoms with E-state index in [0.29, 0.717) is 0 Å². The van der Waals surface area contributed by atoms with Gasteiger partial charge in [-0.25, -0.2) is 4.98 Å². The number of pyridine rings is 1. The van der Waals surface area contributed by atoms with E-state index in [1.807, 2.05) is 6.20 Å². The van der Waals surface area contributed by atoms with Crippen molar-refractivity contribution in [1.29, 1.82) is 0 Å². The molecule has 0 amide bonds. The fourth-order valence-corrected chi connectivity index (χ4v) is 2.80. The minimum absolute atomic E-state index is 0.182. The fraction of sp³-hybridized carbons (Fsp3) is 0.706. The molecule has 0 bridgehead atoms. The zero-order chi connectivity index (χ0) is 14.6. The first-order valence-electron chi connectivity index (χ1n) is 7.93. The van der Waals surface area contributed by atoms with Gasteiger partial charge in [0.2, 0.25) is 0 Å². The second-order valence-electron chi connectivity index (χ2n) is 6.92. The lowest BCUT2D eigenvalue weighted by Gasteiger charge is -2.34. The molecule has 2 heterocycles. The van der Waals surface area contributed by atoms with E-state index in [1.165, 1.54) is 18.4 Å². The lowest BCUT2D eigenvalue weighted by atomic mass is 9.88. The highest BCUT2D eigenvalue weighted by atomic mass is 15.2. The largest absolute Gasteiger partial charge is 0.356 e. The average molecular weight is 275 g/mol. The molecule has 1 fully saturated rings. The van der Waals surface area contributed by atoms with Crippen LogP contribution in [0.5, 0.6) is 0 Å². The van der Waals surface area contributed by atoms with Crippen LogP contribution in [-0.2, 0) is 5.41 Å². The van der Waals surface area contributed by atoms with E-state index in [9.17, 15) is 0 Å². The maximum atomic E-state index is 4.69. The van der Waals surface area contributed by atoms with Gasteiger partial charge in [-0.05, 0) is 48.9 Å². The fourth-order valence-electron chi connectivity index (χ4n) is 2.80. The summed E-state index contributed by atoms with van der Waals surface area (Å²) in [6.07, 6.45) is 4.66. The van der Waals surface area contributed by atoms with E-state index in [2.05, 4.69) is 55.0 Å². The van der Waals surface area contributed by atoms with Gasteiger partial charge >= 0.3 is 0 Å². The summed E-state index contributed by atoms with van der Waals surface area (Å²) in [7, 11) is 0. The number of hydrogen-bond donors (Lipinski definition) is 1. The first kappa shape index (κ1) is 15.3. The van der Waals surface area contributed by atoms with E-state index < -0.39 is 0 Å². The summed E-state index contributed by atoms with van der Waals surface area (Å²) in [5.74, 6) is 1.90. The lowest BCUT2D eigenvalue weighted by molar-refractivity contribution is 0.394. The van der Waals surface area contributed by atoms with Crippen LogP contribution in [0.15, 0.2) is 18.3 Å². The summed E-state index contributed by atoms with van der Waals surface area (Å²) in [6, 6.07) is 4.42. The van der Waals surface area contributed by atoms with Gasteiger partial charge in [0.1, 0.15) is 5.82 Å². The minimum Gasteiger partial charge on any atom is -0.356 e. The van der Waals surface area contributed by atoms with Gasteiger partial charge in [-0.3, -0.25) is 0 Å². The summed E-state index contributed by atoms with van der Waals surface area (Å²) >= 11 is 0. The first-order chi connectivity index (χ1) is 9.50. The van der Waals surface area contributed by atoms with Crippen molar-refractivity contribution in [2.24, 2.45) is 5.92 Å². The monoisotopic (exact) mass is 275 g/mol. The van der Waals surface area contributed by atoms with Gasteiger partial charge in [-0.2, -0.15) is 0 Å². The summed E-state index contributed by atoms with van der Waals surface area (Å²) in [5.41, 5.74) is 1.49. The third kappa shape index (κ3) is 3.95. The number of piperidine rings is 1. The lowest BCUT2D eigenvalue weighted by Crippen LogP contribution is -2.40. The van der Waals surface area contributed by atoms with Gasteiger partial charge < -0.3 is 10.2 Å². The zero-order valence-corrected chi connectivity index (χ0v) is 13.4. The van der Waals surface area contributed by atoms with Crippen molar-refractivity contribution in [3.8, 4) is 0 Å². The molecule has 112 valence electrons. The Hall–Kier alpha value is -1.09. The Bertz CT molecular complexity index is 405. The van der Waals surface area contributed by atoms with Crippen molar-refractivity contribution in [1.82, 2.24) is 10.3 Å². The molecule has 3 heteroatoms. The number of anilines is 1. The summed E-state index contributed by atoms with van der Waals surface area (Å²) in [5, 5.41) is 3.47. The van der Waals surface area contributed by atoms with Crippen LogP contribution < -0.4 is 10.2 Å². The van der Waals surface area contributed by atoms with E-state index in [0.717, 1.165) is 37.9 Å². The predicted octanol–water partition coefficient (Wildman–Crippen LogP) is 3.21. The van der Waals surface area contributed by atoms with Crippen LogP contribution in [0.3, 0.4) is 0 Å². The quantitative estimate of drug-likeness (QED) is 0.914. The highest BCUT2D eigenvalue weighted by Crippen LogP contribution is 2.25. The molecule has 1 aliphatic heterocycles. The van der Waals surface area contributed by atoms with E-state index in [-0.39, 0.29) is 5.41 Å². The molecule has 1 saturated heterocycles. The van der Waals surface area contributed by atoms with Crippen molar-refractivity contribution in [2.45, 2.75) is 46.0 Å². The Morgan fingerprint density at radius 2 is 2.15 bits per heavy atom. The Balaban J connectivity index is 2.00. The zero-order valence-electron chi connectivity index (χ0n) is 13.4. The maximum absolute atomic E-state index is 4.69. The van der Waals surface area contributed by atoms with Crippen LogP contribution in [-0.4, -0.2) is 31.2 Å². The first-order valence-corrected chi connectivity index (χ1v) is 7.93. The van der Waals surface area contributed by atoms with Gasteiger partial charge in [0, 0.05) is 19.3 Å². The minimum atomic E-state index is 0.182. The maximum Gasteiger partial charge on any atom is 0.128 e. The molecule has 2 rings (SSSR count). The standard InChI is InChI=1S/C17H29N3/c1-5-18-11-14-7-6-10-20(13-14)16-9-8-15(12-19-16)17(2,3)4/h8-9,12,14,18H,5-7,10-11,13H2,1-4H3. The molecular weight excluding hydrogens is 246 g/mol. The number of nitrogens with one attached hydrogen (secondary N) is 1. The molecule has 1 unspecified atom stereocenters. The van der Waals surface area contributed by atoms with Crippen LogP contribution in [0.4, 0.5) is 5.82 Å². The smallest absolute Gasteiger partial charge is 0.128 e. The molecule has 1 aromatic heterocycles. The van der Waals surface area contributed by atoms with Crippen molar-refractivity contribution in [3.63, 3.8) is 0 Å². The summed E-state index contributed by atoms with van der Waals surface area (Å²) in [4.78, 5) is 7.13. The Labute approximate surface area is 123 Å². The molecule has 1 aliphatic rings. The van der Waals surface area contributed by atoms with Crippen LogP contribution >= 0.6 is 0 Å². The predicted molar refractivity (Wildman–Crippen MR) is 86.4 cm³/mol. The SMILES string of the molecule is CCNCC1CCCN(c2ccc(C(C)(C)C)cn2)C1. The van der Waals surface area contributed by atoms with Gasteiger partial charge in [-0.1, -0.05) is 33.8 Å². The second-order valence-corrected chi connectivity index (χ2v) is 6.92. The van der Waals surface area contributed by atoms with E-state index in [4.69, 9.17) is 0 Å². The Morgan fingerprint density at radius 1 is 1.35 bits per heavy atom.